The highest BCUT2D eigenvalue weighted by Gasteiger charge is 2.40. The van der Waals surface area contributed by atoms with Crippen molar-refractivity contribution < 1.29 is 23.7 Å². The van der Waals surface area contributed by atoms with Gasteiger partial charge >= 0.3 is 0 Å². The van der Waals surface area contributed by atoms with E-state index in [0.29, 0.717) is 17.2 Å². The third kappa shape index (κ3) is 3.81. The quantitative estimate of drug-likeness (QED) is 0.888. The van der Waals surface area contributed by atoms with Crippen LogP contribution in [0.25, 0.3) is 0 Å². The van der Waals surface area contributed by atoms with Crippen molar-refractivity contribution in [3.63, 3.8) is 0 Å². The van der Waals surface area contributed by atoms with Gasteiger partial charge in [0.1, 0.15) is 11.5 Å². The van der Waals surface area contributed by atoms with Gasteiger partial charge in [-0.1, -0.05) is 30.3 Å². The number of hydrogen-bond donors (Lipinski definition) is 1. The van der Waals surface area contributed by atoms with Gasteiger partial charge in [0.15, 0.2) is 6.29 Å². The third-order valence-electron chi connectivity index (χ3n) is 4.38. The Bertz CT molecular complexity index is 754. The highest BCUT2D eigenvalue weighted by molar-refractivity contribution is 5.96. The normalized spacial score (nSPS) is 22.5. The predicted molar refractivity (Wildman–Crippen MR) is 97.4 cm³/mol. The van der Waals surface area contributed by atoms with Crippen molar-refractivity contribution in [3.8, 4) is 11.5 Å². The van der Waals surface area contributed by atoms with Gasteiger partial charge in [0, 0.05) is 11.6 Å². The van der Waals surface area contributed by atoms with E-state index in [2.05, 4.69) is 5.32 Å². The zero-order chi connectivity index (χ0) is 18.6. The zero-order valence-corrected chi connectivity index (χ0v) is 15.2. The SMILES string of the molecule is COc1ccc(NC(=O)C2(C)COC(c3ccccc3)OC2)c(OC)c1. The summed E-state index contributed by atoms with van der Waals surface area (Å²) >= 11 is 0. The Morgan fingerprint density at radius 3 is 2.38 bits per heavy atom. The maximum Gasteiger partial charge on any atom is 0.235 e. The van der Waals surface area contributed by atoms with Gasteiger partial charge in [-0.15, -0.1) is 0 Å². The Morgan fingerprint density at radius 2 is 1.77 bits per heavy atom. The lowest BCUT2D eigenvalue weighted by Crippen LogP contribution is -2.45. The van der Waals surface area contributed by atoms with Gasteiger partial charge in [0.2, 0.25) is 5.91 Å². The molecule has 0 spiro atoms. The summed E-state index contributed by atoms with van der Waals surface area (Å²) in [4.78, 5) is 12.8. The topological polar surface area (TPSA) is 66.0 Å². The van der Waals surface area contributed by atoms with Crippen molar-refractivity contribution in [2.75, 3.05) is 32.8 Å². The summed E-state index contributed by atoms with van der Waals surface area (Å²) in [5, 5.41) is 2.90. The van der Waals surface area contributed by atoms with E-state index in [1.807, 2.05) is 37.3 Å². The molecule has 1 amide bonds. The van der Waals surface area contributed by atoms with E-state index < -0.39 is 11.7 Å². The second kappa shape index (κ2) is 7.76. The molecule has 3 rings (SSSR count). The summed E-state index contributed by atoms with van der Waals surface area (Å²) in [6.07, 6.45) is -0.451. The highest BCUT2D eigenvalue weighted by Crippen LogP contribution is 2.34. The van der Waals surface area contributed by atoms with E-state index in [-0.39, 0.29) is 19.1 Å². The number of carbonyl (C=O) groups is 1. The fourth-order valence-corrected chi connectivity index (χ4v) is 2.72. The van der Waals surface area contributed by atoms with E-state index in [4.69, 9.17) is 18.9 Å². The molecule has 1 aliphatic rings. The molecule has 26 heavy (non-hydrogen) atoms. The monoisotopic (exact) mass is 357 g/mol. The molecule has 6 heteroatoms. The van der Waals surface area contributed by atoms with Crippen molar-refractivity contribution in [1.29, 1.82) is 0 Å². The van der Waals surface area contributed by atoms with Crippen molar-refractivity contribution in [2.45, 2.75) is 13.2 Å². The van der Waals surface area contributed by atoms with Crippen LogP contribution in [0.4, 0.5) is 5.69 Å². The largest absolute Gasteiger partial charge is 0.497 e. The van der Waals surface area contributed by atoms with Crippen molar-refractivity contribution in [1.82, 2.24) is 0 Å². The molecule has 2 aromatic carbocycles. The Hall–Kier alpha value is -2.57. The Balaban J connectivity index is 1.67. The molecule has 0 bridgehead atoms. The van der Waals surface area contributed by atoms with Crippen LogP contribution in [-0.4, -0.2) is 33.3 Å². The number of ether oxygens (including phenoxy) is 4. The summed E-state index contributed by atoms with van der Waals surface area (Å²) in [6.45, 7) is 2.34. The van der Waals surface area contributed by atoms with Gasteiger partial charge in [-0.2, -0.15) is 0 Å². The lowest BCUT2D eigenvalue weighted by molar-refractivity contribution is -0.226. The van der Waals surface area contributed by atoms with E-state index in [9.17, 15) is 4.79 Å². The van der Waals surface area contributed by atoms with Crippen LogP contribution in [0.5, 0.6) is 11.5 Å². The molecule has 6 nitrogen and oxygen atoms in total. The standard InChI is InChI=1S/C20H23NO5/c1-20(12-25-18(26-13-20)14-7-5-4-6-8-14)19(22)21-16-10-9-15(23-2)11-17(16)24-3/h4-11,18H,12-13H2,1-3H3,(H,21,22). The molecule has 0 unspecified atom stereocenters. The minimum atomic E-state index is -0.795. The van der Waals surface area contributed by atoms with E-state index in [1.54, 1.807) is 32.4 Å². The molecule has 0 atom stereocenters. The van der Waals surface area contributed by atoms with Gasteiger partial charge in [-0.3, -0.25) is 4.79 Å². The zero-order valence-electron chi connectivity index (χ0n) is 15.2. The molecular formula is C20H23NO5. The van der Waals surface area contributed by atoms with Crippen LogP contribution in [0.2, 0.25) is 0 Å². The maximum atomic E-state index is 12.8. The highest BCUT2D eigenvalue weighted by atomic mass is 16.7. The molecule has 0 radical (unpaired) electrons. The summed E-state index contributed by atoms with van der Waals surface area (Å²) in [5.41, 5.74) is 0.715. The minimum Gasteiger partial charge on any atom is -0.497 e. The second-order valence-electron chi connectivity index (χ2n) is 6.45. The van der Waals surface area contributed by atoms with Crippen LogP contribution in [0.1, 0.15) is 18.8 Å². The molecule has 0 saturated carbocycles. The number of anilines is 1. The molecule has 1 fully saturated rings. The molecule has 1 saturated heterocycles. The van der Waals surface area contributed by atoms with Crippen LogP contribution in [0.3, 0.4) is 0 Å². The molecule has 0 aromatic heterocycles. The maximum absolute atomic E-state index is 12.8. The molecular weight excluding hydrogens is 334 g/mol. The summed E-state index contributed by atoms with van der Waals surface area (Å²) < 4.78 is 22.1. The third-order valence-corrected chi connectivity index (χ3v) is 4.38. The van der Waals surface area contributed by atoms with Gasteiger partial charge in [0.05, 0.1) is 38.5 Å². The van der Waals surface area contributed by atoms with Crippen LogP contribution < -0.4 is 14.8 Å². The first-order valence-corrected chi connectivity index (χ1v) is 8.37. The average molecular weight is 357 g/mol. The molecule has 0 aliphatic carbocycles. The van der Waals surface area contributed by atoms with Gasteiger partial charge in [-0.05, 0) is 19.1 Å². The number of carbonyl (C=O) groups excluding carboxylic acids is 1. The minimum absolute atomic E-state index is 0.188. The number of nitrogens with one attached hydrogen (secondary N) is 1. The number of hydrogen-bond acceptors (Lipinski definition) is 5. The first-order chi connectivity index (χ1) is 12.6. The van der Waals surface area contributed by atoms with Gasteiger partial charge in [0.25, 0.3) is 0 Å². The first-order valence-electron chi connectivity index (χ1n) is 8.37. The van der Waals surface area contributed by atoms with Crippen molar-refractivity contribution >= 4 is 11.6 Å². The van der Waals surface area contributed by atoms with Crippen molar-refractivity contribution in [3.05, 3.63) is 54.1 Å². The Morgan fingerprint density at radius 1 is 1.08 bits per heavy atom. The number of rotatable bonds is 5. The summed E-state index contributed by atoms with van der Waals surface area (Å²) in [6, 6.07) is 14.9. The van der Waals surface area contributed by atoms with Crippen LogP contribution in [0.15, 0.2) is 48.5 Å². The fourth-order valence-electron chi connectivity index (χ4n) is 2.72. The van der Waals surface area contributed by atoms with E-state index in [0.717, 1.165) is 5.56 Å². The number of amides is 1. The lowest BCUT2D eigenvalue weighted by atomic mass is 9.90. The van der Waals surface area contributed by atoms with Crippen LogP contribution in [-0.2, 0) is 14.3 Å². The van der Waals surface area contributed by atoms with Crippen LogP contribution >= 0.6 is 0 Å². The molecule has 2 aromatic rings. The molecule has 1 N–H and O–H groups in total. The number of benzene rings is 2. The smallest absolute Gasteiger partial charge is 0.235 e. The van der Waals surface area contributed by atoms with Gasteiger partial charge in [-0.25, -0.2) is 0 Å². The number of methoxy groups -OCH3 is 2. The van der Waals surface area contributed by atoms with E-state index in [1.165, 1.54) is 0 Å². The van der Waals surface area contributed by atoms with Crippen LogP contribution in [0, 0.1) is 5.41 Å². The summed E-state index contributed by atoms with van der Waals surface area (Å²) in [7, 11) is 3.12. The molecule has 1 heterocycles. The second-order valence-corrected chi connectivity index (χ2v) is 6.45. The Labute approximate surface area is 153 Å². The Kier molecular flexibility index (Phi) is 5.44. The predicted octanol–water partition coefficient (Wildman–Crippen LogP) is 3.39. The fraction of sp³-hybridized carbons (Fsp3) is 0.350. The molecule has 1 aliphatic heterocycles. The summed E-state index contributed by atoms with van der Waals surface area (Å²) in [5.74, 6) is 0.995. The average Bonchev–Trinajstić information content (AvgIpc) is 2.69. The molecule has 138 valence electrons. The van der Waals surface area contributed by atoms with Gasteiger partial charge < -0.3 is 24.3 Å². The lowest BCUT2D eigenvalue weighted by Gasteiger charge is -2.36. The van der Waals surface area contributed by atoms with E-state index >= 15 is 0 Å². The first kappa shape index (κ1) is 18.2. The van der Waals surface area contributed by atoms with Crippen molar-refractivity contribution in [2.24, 2.45) is 5.41 Å².